The average Bonchev–Trinajstić information content (AvgIpc) is 2.80. The SMILES string of the molecule is CCOC(=O)CNC(=O)NC1COc2ccccc21. The zero-order chi connectivity index (χ0) is 13.7. The second kappa shape index (κ2) is 6.08. The molecule has 6 heteroatoms. The molecular formula is C13H16N2O4. The van der Waals surface area contributed by atoms with Gasteiger partial charge in [0, 0.05) is 5.56 Å². The van der Waals surface area contributed by atoms with E-state index in [9.17, 15) is 9.59 Å². The number of nitrogens with one attached hydrogen (secondary N) is 2. The van der Waals surface area contributed by atoms with Gasteiger partial charge in [0.05, 0.1) is 12.6 Å². The number of benzene rings is 1. The summed E-state index contributed by atoms with van der Waals surface area (Å²) < 4.78 is 10.2. The van der Waals surface area contributed by atoms with E-state index in [4.69, 9.17) is 9.47 Å². The van der Waals surface area contributed by atoms with Crippen LogP contribution in [0.25, 0.3) is 0 Å². The van der Waals surface area contributed by atoms with Crippen molar-refractivity contribution in [1.82, 2.24) is 10.6 Å². The highest BCUT2D eigenvalue weighted by Gasteiger charge is 2.25. The molecule has 0 aliphatic carbocycles. The number of hydrogen-bond donors (Lipinski definition) is 2. The fourth-order valence-corrected chi connectivity index (χ4v) is 1.86. The van der Waals surface area contributed by atoms with E-state index in [0.717, 1.165) is 11.3 Å². The van der Waals surface area contributed by atoms with Crippen LogP contribution >= 0.6 is 0 Å². The number of rotatable bonds is 4. The first kappa shape index (κ1) is 13.2. The Morgan fingerprint density at radius 3 is 3.00 bits per heavy atom. The van der Waals surface area contributed by atoms with Crippen molar-refractivity contribution < 1.29 is 19.1 Å². The van der Waals surface area contributed by atoms with Gasteiger partial charge in [-0.3, -0.25) is 4.79 Å². The average molecular weight is 264 g/mol. The second-order valence-corrected chi connectivity index (χ2v) is 4.03. The molecule has 6 nitrogen and oxygen atoms in total. The minimum atomic E-state index is -0.458. The molecule has 0 fully saturated rings. The molecule has 2 N–H and O–H groups in total. The third-order valence-electron chi connectivity index (χ3n) is 2.70. The Morgan fingerprint density at radius 2 is 2.21 bits per heavy atom. The number of carbonyl (C=O) groups excluding carboxylic acids is 2. The van der Waals surface area contributed by atoms with Crippen LogP contribution in [0.2, 0.25) is 0 Å². The maximum atomic E-state index is 11.6. The third kappa shape index (κ3) is 3.37. The maximum absolute atomic E-state index is 11.6. The molecule has 1 aliphatic rings. The lowest BCUT2D eigenvalue weighted by molar-refractivity contribution is -0.141. The van der Waals surface area contributed by atoms with Gasteiger partial charge in [-0.25, -0.2) is 4.79 Å². The van der Waals surface area contributed by atoms with Gasteiger partial charge >= 0.3 is 12.0 Å². The number of urea groups is 1. The molecule has 102 valence electrons. The first-order chi connectivity index (χ1) is 9.20. The summed E-state index contributed by atoms with van der Waals surface area (Å²) in [5.74, 6) is 0.318. The Balaban J connectivity index is 1.82. The van der Waals surface area contributed by atoms with Crippen LogP contribution in [0, 0.1) is 0 Å². The molecule has 2 amide bonds. The van der Waals surface area contributed by atoms with Crippen LogP contribution in [-0.4, -0.2) is 31.8 Å². The zero-order valence-electron chi connectivity index (χ0n) is 10.6. The predicted octanol–water partition coefficient (Wildman–Crippen LogP) is 0.982. The van der Waals surface area contributed by atoms with Crippen LogP contribution < -0.4 is 15.4 Å². The Kier molecular flexibility index (Phi) is 4.22. The first-order valence-electron chi connectivity index (χ1n) is 6.12. The molecule has 0 aromatic heterocycles. The lowest BCUT2D eigenvalue weighted by Gasteiger charge is -2.12. The molecule has 1 aliphatic heterocycles. The monoisotopic (exact) mass is 264 g/mol. The van der Waals surface area contributed by atoms with Crippen molar-refractivity contribution in [3.63, 3.8) is 0 Å². The maximum Gasteiger partial charge on any atom is 0.325 e. The van der Waals surface area contributed by atoms with Crippen molar-refractivity contribution >= 4 is 12.0 Å². The molecular weight excluding hydrogens is 248 g/mol. The predicted molar refractivity (Wildman–Crippen MR) is 67.8 cm³/mol. The molecule has 1 aromatic carbocycles. The van der Waals surface area contributed by atoms with Gasteiger partial charge in [-0.2, -0.15) is 0 Å². The zero-order valence-corrected chi connectivity index (χ0v) is 10.6. The number of hydrogen-bond acceptors (Lipinski definition) is 4. The lowest BCUT2D eigenvalue weighted by Crippen LogP contribution is -2.41. The quantitative estimate of drug-likeness (QED) is 0.795. The highest BCUT2D eigenvalue weighted by molar-refractivity contribution is 5.81. The van der Waals surface area contributed by atoms with Crippen LogP contribution in [0.3, 0.4) is 0 Å². The van der Waals surface area contributed by atoms with Gasteiger partial charge in [0.1, 0.15) is 18.9 Å². The summed E-state index contributed by atoms with van der Waals surface area (Å²) in [5.41, 5.74) is 0.939. The van der Waals surface area contributed by atoms with Crippen molar-refractivity contribution in [3.05, 3.63) is 29.8 Å². The Hall–Kier alpha value is -2.24. The van der Waals surface area contributed by atoms with Gasteiger partial charge < -0.3 is 20.1 Å². The van der Waals surface area contributed by atoms with E-state index < -0.39 is 12.0 Å². The first-order valence-corrected chi connectivity index (χ1v) is 6.12. The molecule has 1 heterocycles. The molecule has 1 aromatic rings. The largest absolute Gasteiger partial charge is 0.491 e. The van der Waals surface area contributed by atoms with Gasteiger partial charge in [-0.05, 0) is 13.0 Å². The lowest BCUT2D eigenvalue weighted by atomic mass is 10.1. The Morgan fingerprint density at radius 1 is 1.42 bits per heavy atom. The molecule has 1 unspecified atom stereocenters. The smallest absolute Gasteiger partial charge is 0.325 e. The molecule has 2 rings (SSSR count). The molecule has 1 atom stereocenters. The topological polar surface area (TPSA) is 76.7 Å². The standard InChI is InChI=1S/C13H16N2O4/c1-2-18-12(16)7-14-13(17)15-10-8-19-11-6-4-3-5-9(10)11/h3-6,10H,2,7-8H2,1H3,(H2,14,15,17). The Bertz CT molecular complexity index is 475. The summed E-state index contributed by atoms with van der Waals surface area (Å²) in [7, 11) is 0. The van der Waals surface area contributed by atoms with E-state index in [1.165, 1.54) is 0 Å². The van der Waals surface area contributed by atoms with Gasteiger partial charge in [0.2, 0.25) is 0 Å². The number of ether oxygens (including phenoxy) is 2. The summed E-state index contributed by atoms with van der Waals surface area (Å²) in [5, 5.41) is 5.19. The summed E-state index contributed by atoms with van der Waals surface area (Å²) in [6.07, 6.45) is 0. The molecule has 19 heavy (non-hydrogen) atoms. The minimum absolute atomic E-state index is 0.144. The summed E-state index contributed by atoms with van der Waals surface area (Å²) >= 11 is 0. The molecule has 0 saturated carbocycles. The Labute approximate surface area is 111 Å². The van der Waals surface area contributed by atoms with Crippen LogP contribution in [0.15, 0.2) is 24.3 Å². The second-order valence-electron chi connectivity index (χ2n) is 4.03. The van der Waals surface area contributed by atoms with Crippen LogP contribution in [0.5, 0.6) is 5.75 Å². The van der Waals surface area contributed by atoms with Gasteiger partial charge in [0.25, 0.3) is 0 Å². The van der Waals surface area contributed by atoms with E-state index in [2.05, 4.69) is 10.6 Å². The fourth-order valence-electron chi connectivity index (χ4n) is 1.86. The summed E-state index contributed by atoms with van der Waals surface area (Å²) in [4.78, 5) is 22.7. The molecule has 0 bridgehead atoms. The van der Waals surface area contributed by atoms with Crippen molar-refractivity contribution in [3.8, 4) is 5.75 Å². The number of para-hydroxylation sites is 1. The molecule has 0 spiro atoms. The number of amides is 2. The summed E-state index contributed by atoms with van der Waals surface area (Å²) in [6, 6.07) is 6.91. The van der Waals surface area contributed by atoms with E-state index in [-0.39, 0.29) is 12.6 Å². The molecule has 0 radical (unpaired) electrons. The number of esters is 1. The van der Waals surface area contributed by atoms with Crippen molar-refractivity contribution in [2.75, 3.05) is 19.8 Å². The van der Waals surface area contributed by atoms with Crippen molar-refractivity contribution in [2.45, 2.75) is 13.0 Å². The fraction of sp³-hybridized carbons (Fsp3) is 0.385. The molecule has 0 saturated heterocycles. The highest BCUT2D eigenvalue weighted by atomic mass is 16.5. The summed E-state index contributed by atoms with van der Waals surface area (Å²) in [6.45, 7) is 2.26. The van der Waals surface area contributed by atoms with Crippen molar-refractivity contribution in [1.29, 1.82) is 0 Å². The number of fused-ring (bicyclic) bond motifs is 1. The van der Waals surface area contributed by atoms with Crippen molar-refractivity contribution in [2.24, 2.45) is 0 Å². The van der Waals surface area contributed by atoms with E-state index >= 15 is 0 Å². The third-order valence-corrected chi connectivity index (χ3v) is 2.70. The number of carbonyl (C=O) groups is 2. The van der Waals surface area contributed by atoms with Gasteiger partial charge in [-0.1, -0.05) is 18.2 Å². The van der Waals surface area contributed by atoms with Gasteiger partial charge in [0.15, 0.2) is 0 Å². The van der Waals surface area contributed by atoms with Crippen LogP contribution in [0.4, 0.5) is 4.79 Å². The van der Waals surface area contributed by atoms with Gasteiger partial charge in [-0.15, -0.1) is 0 Å². The van der Waals surface area contributed by atoms with Crippen LogP contribution in [0.1, 0.15) is 18.5 Å². The van der Waals surface area contributed by atoms with E-state index in [0.29, 0.717) is 13.2 Å². The minimum Gasteiger partial charge on any atom is -0.491 e. The highest BCUT2D eigenvalue weighted by Crippen LogP contribution is 2.31. The van der Waals surface area contributed by atoms with E-state index in [1.54, 1.807) is 6.92 Å². The van der Waals surface area contributed by atoms with E-state index in [1.807, 2.05) is 24.3 Å². The van der Waals surface area contributed by atoms with Crippen LogP contribution in [-0.2, 0) is 9.53 Å². The normalized spacial score (nSPS) is 16.2.